The standard InChI is InChI=1S/C33H32N2O6Si/c1-33(2,3)42(23-14-7-5-8-15-23,24-16-9-6-10-17-24)41-22-29(27-20-13-21-28(35(38)39)30(27)40-4)34-31(36)25-18-11-12-19-26(25)32(34)37/h5-21,29H,22H2,1-4H3/t29-/m0/s1. The maximum absolute atomic E-state index is 13.8. The zero-order chi connectivity index (χ0) is 30.1. The number of nitro groups is 1. The van der Waals surface area contributed by atoms with Crippen LogP contribution < -0.4 is 15.1 Å². The summed E-state index contributed by atoms with van der Waals surface area (Å²) in [4.78, 5) is 40.2. The second-order valence-electron chi connectivity index (χ2n) is 11.2. The highest BCUT2D eigenvalue weighted by atomic mass is 28.4. The Morgan fingerprint density at radius 1 is 0.786 bits per heavy atom. The van der Waals surface area contributed by atoms with Gasteiger partial charge in [-0.25, -0.2) is 0 Å². The van der Waals surface area contributed by atoms with Gasteiger partial charge in [-0.15, -0.1) is 0 Å². The first-order valence-electron chi connectivity index (χ1n) is 13.6. The van der Waals surface area contributed by atoms with Crippen LogP contribution in [-0.4, -0.2) is 43.7 Å². The van der Waals surface area contributed by atoms with Gasteiger partial charge < -0.3 is 9.16 Å². The number of hydrogen-bond donors (Lipinski definition) is 0. The zero-order valence-electron chi connectivity index (χ0n) is 23.9. The molecule has 42 heavy (non-hydrogen) atoms. The van der Waals surface area contributed by atoms with Gasteiger partial charge in [0.15, 0.2) is 0 Å². The lowest BCUT2D eigenvalue weighted by atomic mass is 10.0. The molecule has 0 unspecified atom stereocenters. The lowest BCUT2D eigenvalue weighted by Gasteiger charge is -2.44. The van der Waals surface area contributed by atoms with Crippen molar-refractivity contribution in [2.24, 2.45) is 0 Å². The van der Waals surface area contributed by atoms with Gasteiger partial charge in [0.2, 0.25) is 5.75 Å². The number of methoxy groups -OCH3 is 1. The minimum Gasteiger partial charge on any atom is -0.490 e. The summed E-state index contributed by atoms with van der Waals surface area (Å²) in [5.74, 6) is -0.990. The molecule has 4 aromatic carbocycles. The average Bonchev–Trinajstić information content (AvgIpc) is 3.24. The molecule has 2 amide bonds. The van der Waals surface area contributed by atoms with E-state index in [1.54, 1.807) is 30.3 Å². The summed E-state index contributed by atoms with van der Waals surface area (Å²) in [5.41, 5.74) is 0.617. The minimum atomic E-state index is -3.11. The van der Waals surface area contributed by atoms with E-state index < -0.39 is 31.1 Å². The van der Waals surface area contributed by atoms with E-state index in [0.717, 1.165) is 15.3 Å². The van der Waals surface area contributed by atoms with E-state index in [4.69, 9.17) is 9.16 Å². The Balaban J connectivity index is 1.70. The van der Waals surface area contributed by atoms with Crippen molar-refractivity contribution in [3.05, 3.63) is 130 Å². The van der Waals surface area contributed by atoms with Gasteiger partial charge in [0, 0.05) is 11.6 Å². The van der Waals surface area contributed by atoms with Gasteiger partial charge in [0.25, 0.3) is 20.1 Å². The molecule has 0 N–H and O–H groups in total. The number of carbonyl (C=O) groups is 2. The summed E-state index contributed by atoms with van der Waals surface area (Å²) in [6.45, 7) is 6.29. The SMILES string of the molecule is COc1c([C@H](CO[Si](c2ccccc2)(c2ccccc2)C(C)(C)C)N2C(=O)c3ccccc3C2=O)cccc1[N+](=O)[O-]. The van der Waals surface area contributed by atoms with Gasteiger partial charge in [-0.2, -0.15) is 0 Å². The van der Waals surface area contributed by atoms with Crippen molar-refractivity contribution in [3.63, 3.8) is 0 Å². The second-order valence-corrected chi connectivity index (χ2v) is 15.5. The fourth-order valence-corrected chi connectivity index (χ4v) is 10.5. The summed E-state index contributed by atoms with van der Waals surface area (Å²) in [5, 5.41) is 13.6. The maximum Gasteiger partial charge on any atom is 0.311 e. The molecule has 0 bridgehead atoms. The molecule has 0 aromatic heterocycles. The van der Waals surface area contributed by atoms with Crippen molar-refractivity contribution in [2.45, 2.75) is 31.9 Å². The lowest BCUT2D eigenvalue weighted by molar-refractivity contribution is -0.385. The summed E-state index contributed by atoms with van der Waals surface area (Å²) in [7, 11) is -1.77. The number of nitrogens with zero attached hydrogens (tertiary/aromatic N) is 2. The van der Waals surface area contributed by atoms with E-state index in [2.05, 4.69) is 45.0 Å². The number of imide groups is 1. The maximum atomic E-state index is 13.8. The molecule has 0 saturated heterocycles. The van der Waals surface area contributed by atoms with Gasteiger partial charge in [0.1, 0.15) is 0 Å². The minimum absolute atomic E-state index is 0.0184. The van der Waals surface area contributed by atoms with E-state index in [9.17, 15) is 19.7 Å². The Hall–Kier alpha value is -4.60. The summed E-state index contributed by atoms with van der Waals surface area (Å²) >= 11 is 0. The summed E-state index contributed by atoms with van der Waals surface area (Å²) in [6, 6.07) is 30.1. The first-order chi connectivity index (χ1) is 20.1. The molecule has 1 atom stereocenters. The van der Waals surface area contributed by atoms with Crippen LogP contribution in [0.25, 0.3) is 0 Å². The number of nitro benzene ring substituents is 1. The first kappa shape index (κ1) is 28.9. The smallest absolute Gasteiger partial charge is 0.311 e. The van der Waals surface area contributed by atoms with E-state index in [1.807, 2.05) is 36.4 Å². The van der Waals surface area contributed by atoms with Crippen molar-refractivity contribution in [1.82, 2.24) is 4.90 Å². The summed E-state index contributed by atoms with van der Waals surface area (Å²) < 4.78 is 12.7. The van der Waals surface area contributed by atoms with Crippen LogP contribution in [-0.2, 0) is 4.43 Å². The highest BCUT2D eigenvalue weighted by Gasteiger charge is 2.52. The molecule has 5 rings (SSSR count). The van der Waals surface area contributed by atoms with Crippen LogP contribution in [0.15, 0.2) is 103 Å². The van der Waals surface area contributed by atoms with Crippen LogP contribution in [0.4, 0.5) is 5.69 Å². The van der Waals surface area contributed by atoms with E-state index >= 15 is 0 Å². The zero-order valence-corrected chi connectivity index (χ0v) is 24.9. The molecule has 1 aliphatic rings. The molecule has 0 fully saturated rings. The fraction of sp³-hybridized carbons (Fsp3) is 0.212. The monoisotopic (exact) mass is 580 g/mol. The lowest BCUT2D eigenvalue weighted by Crippen LogP contribution is -2.67. The Morgan fingerprint density at radius 3 is 1.74 bits per heavy atom. The second kappa shape index (κ2) is 11.3. The van der Waals surface area contributed by atoms with Gasteiger partial charge in [-0.1, -0.05) is 106 Å². The van der Waals surface area contributed by atoms with E-state index in [0.29, 0.717) is 5.56 Å². The van der Waals surface area contributed by atoms with Crippen LogP contribution in [0.1, 0.15) is 53.1 Å². The topological polar surface area (TPSA) is 99.0 Å². The Kier molecular flexibility index (Phi) is 7.81. The molecule has 8 nitrogen and oxygen atoms in total. The van der Waals surface area contributed by atoms with Crippen LogP contribution >= 0.6 is 0 Å². The normalized spacial score (nSPS) is 14.0. The quantitative estimate of drug-likeness (QED) is 0.112. The molecule has 0 aliphatic carbocycles. The number of para-hydroxylation sites is 1. The van der Waals surface area contributed by atoms with Crippen LogP contribution in [0.5, 0.6) is 5.75 Å². The largest absolute Gasteiger partial charge is 0.490 e. The molecule has 1 aliphatic heterocycles. The van der Waals surface area contributed by atoms with Gasteiger partial charge >= 0.3 is 5.69 Å². The number of hydrogen-bond acceptors (Lipinski definition) is 6. The number of rotatable bonds is 9. The molecule has 0 spiro atoms. The summed E-state index contributed by atoms with van der Waals surface area (Å²) in [6.07, 6.45) is 0. The molecule has 0 saturated carbocycles. The van der Waals surface area contributed by atoms with E-state index in [1.165, 1.54) is 19.2 Å². The predicted octanol–water partition coefficient (Wildman–Crippen LogP) is 5.52. The third kappa shape index (κ3) is 4.80. The van der Waals surface area contributed by atoms with Crippen molar-refractivity contribution >= 4 is 36.2 Å². The number of fused-ring (bicyclic) bond motifs is 1. The average molecular weight is 581 g/mol. The van der Waals surface area contributed by atoms with Crippen molar-refractivity contribution in [3.8, 4) is 5.75 Å². The van der Waals surface area contributed by atoms with Gasteiger partial charge in [-0.3, -0.25) is 24.6 Å². The van der Waals surface area contributed by atoms with Gasteiger partial charge in [0.05, 0.1) is 35.8 Å². The molecule has 214 valence electrons. The Morgan fingerprint density at radius 2 is 1.29 bits per heavy atom. The van der Waals surface area contributed by atoms with Crippen molar-refractivity contribution < 1.29 is 23.7 Å². The highest BCUT2D eigenvalue weighted by Crippen LogP contribution is 2.42. The van der Waals surface area contributed by atoms with Crippen LogP contribution in [0, 0.1) is 10.1 Å². The molecule has 1 heterocycles. The fourth-order valence-electron chi connectivity index (χ4n) is 5.93. The first-order valence-corrected chi connectivity index (χ1v) is 15.6. The van der Waals surface area contributed by atoms with Crippen molar-refractivity contribution in [1.29, 1.82) is 0 Å². The number of benzene rings is 4. The molecule has 4 aromatic rings. The molecule has 0 radical (unpaired) electrons. The number of ether oxygens (including phenoxy) is 1. The third-order valence-corrected chi connectivity index (χ3v) is 12.8. The number of carbonyl (C=O) groups excluding carboxylic acids is 2. The van der Waals surface area contributed by atoms with Gasteiger partial charge in [-0.05, 0) is 27.5 Å². The Labute approximate surface area is 245 Å². The molecule has 9 heteroatoms. The highest BCUT2D eigenvalue weighted by molar-refractivity contribution is 6.99. The Bertz CT molecular complexity index is 1560. The van der Waals surface area contributed by atoms with E-state index in [-0.39, 0.29) is 34.2 Å². The number of amides is 2. The predicted molar refractivity (Wildman–Crippen MR) is 163 cm³/mol. The van der Waals surface area contributed by atoms with Crippen molar-refractivity contribution in [2.75, 3.05) is 13.7 Å². The molecular formula is C33H32N2O6Si. The third-order valence-electron chi connectivity index (χ3n) is 7.80. The van der Waals surface area contributed by atoms with Crippen LogP contribution in [0.2, 0.25) is 5.04 Å². The van der Waals surface area contributed by atoms with Crippen LogP contribution in [0.3, 0.4) is 0 Å². The molecular weight excluding hydrogens is 548 g/mol.